The standard InChI is InChI=1S/C13H25O3S/c1-6-9-17-10-11(4)12(14)16-13(7-2,8-3)15-5/h11H,1,6-10H2,2-5H3. The quantitative estimate of drug-likeness (QED) is 0.362. The lowest BCUT2D eigenvalue weighted by Gasteiger charge is -2.30. The molecule has 17 heavy (non-hydrogen) atoms. The van der Waals surface area contributed by atoms with E-state index in [1.165, 1.54) is 0 Å². The third-order valence-electron chi connectivity index (χ3n) is 2.79. The fourth-order valence-electron chi connectivity index (χ4n) is 1.44. The Hall–Kier alpha value is -0.220. The summed E-state index contributed by atoms with van der Waals surface area (Å²) in [6.07, 6.45) is 2.23. The lowest BCUT2D eigenvalue weighted by molar-refractivity contribution is -0.226. The molecule has 4 heteroatoms. The second kappa shape index (κ2) is 8.81. The molecule has 0 rings (SSSR count). The fourth-order valence-corrected chi connectivity index (χ4v) is 2.30. The normalized spacial score (nSPS) is 13.5. The molecule has 0 bridgehead atoms. The molecule has 0 heterocycles. The van der Waals surface area contributed by atoms with Crippen molar-refractivity contribution < 1.29 is 14.3 Å². The number of rotatable bonds is 9. The van der Waals surface area contributed by atoms with E-state index >= 15 is 0 Å². The van der Waals surface area contributed by atoms with Gasteiger partial charge in [0, 0.05) is 25.7 Å². The van der Waals surface area contributed by atoms with Crippen molar-refractivity contribution in [2.24, 2.45) is 5.92 Å². The molecule has 101 valence electrons. The summed E-state index contributed by atoms with van der Waals surface area (Å²) in [4.78, 5) is 11.9. The summed E-state index contributed by atoms with van der Waals surface area (Å²) in [5.41, 5.74) is 0. The minimum atomic E-state index is -0.748. The number of ether oxygens (including phenoxy) is 2. The zero-order chi connectivity index (χ0) is 13.3. The lowest BCUT2D eigenvalue weighted by Crippen LogP contribution is -2.38. The van der Waals surface area contributed by atoms with E-state index in [2.05, 4.69) is 6.92 Å². The first-order chi connectivity index (χ1) is 8.05. The highest BCUT2D eigenvalue weighted by Gasteiger charge is 2.31. The number of hydrogen-bond acceptors (Lipinski definition) is 4. The van der Waals surface area contributed by atoms with Crippen LogP contribution in [0.15, 0.2) is 0 Å². The van der Waals surface area contributed by atoms with Crippen LogP contribution in [0.4, 0.5) is 0 Å². The van der Waals surface area contributed by atoms with E-state index in [4.69, 9.17) is 9.47 Å². The summed E-state index contributed by atoms with van der Waals surface area (Å²) in [6.45, 7) is 9.58. The van der Waals surface area contributed by atoms with Crippen LogP contribution in [0.1, 0.15) is 40.0 Å². The Balaban J connectivity index is 4.21. The molecule has 0 fully saturated rings. The van der Waals surface area contributed by atoms with Gasteiger partial charge in [0.1, 0.15) is 0 Å². The van der Waals surface area contributed by atoms with E-state index in [1.807, 2.05) is 20.8 Å². The SMILES string of the molecule is [CH2]CCSCC(C)C(=O)OC(CC)(CC)OC. The molecule has 3 nitrogen and oxygen atoms in total. The maximum Gasteiger partial charge on any atom is 0.311 e. The summed E-state index contributed by atoms with van der Waals surface area (Å²) in [7, 11) is 1.59. The molecule has 0 aliphatic heterocycles. The average molecular weight is 261 g/mol. The molecule has 1 atom stereocenters. The Morgan fingerprint density at radius 3 is 2.41 bits per heavy atom. The maximum atomic E-state index is 11.9. The molecule has 0 amide bonds. The third-order valence-corrected chi connectivity index (χ3v) is 4.11. The van der Waals surface area contributed by atoms with Crippen LogP contribution in [-0.4, -0.2) is 30.4 Å². The molecule has 0 spiro atoms. The number of esters is 1. The minimum Gasteiger partial charge on any atom is -0.433 e. The fraction of sp³-hybridized carbons (Fsp3) is 0.846. The molecule has 0 aliphatic carbocycles. The van der Waals surface area contributed by atoms with Gasteiger partial charge in [-0.05, 0) is 12.2 Å². The van der Waals surface area contributed by atoms with Crippen LogP contribution in [0.2, 0.25) is 0 Å². The highest BCUT2D eigenvalue weighted by atomic mass is 32.2. The molecule has 0 N–H and O–H groups in total. The predicted octanol–water partition coefficient (Wildman–Crippen LogP) is 3.29. The van der Waals surface area contributed by atoms with Crippen LogP contribution in [0.3, 0.4) is 0 Å². The van der Waals surface area contributed by atoms with Gasteiger partial charge >= 0.3 is 5.97 Å². The molecular weight excluding hydrogens is 236 g/mol. The Labute approximate surface area is 110 Å². The Morgan fingerprint density at radius 1 is 1.41 bits per heavy atom. The zero-order valence-electron chi connectivity index (χ0n) is 11.5. The summed E-state index contributed by atoms with van der Waals surface area (Å²) < 4.78 is 10.8. The monoisotopic (exact) mass is 261 g/mol. The minimum absolute atomic E-state index is 0.0980. The summed E-state index contributed by atoms with van der Waals surface area (Å²) in [5, 5.41) is 0. The van der Waals surface area contributed by atoms with E-state index < -0.39 is 5.79 Å². The molecule has 0 saturated carbocycles. The zero-order valence-corrected chi connectivity index (χ0v) is 12.3. The number of carbonyl (C=O) groups excluding carboxylic acids is 1. The van der Waals surface area contributed by atoms with Crippen molar-refractivity contribution in [2.45, 2.75) is 45.8 Å². The summed E-state index contributed by atoms with van der Waals surface area (Å²) in [6, 6.07) is 0. The third kappa shape index (κ3) is 5.77. The van der Waals surface area contributed by atoms with Crippen molar-refractivity contribution >= 4 is 17.7 Å². The molecule has 0 saturated heterocycles. The highest BCUT2D eigenvalue weighted by molar-refractivity contribution is 7.99. The number of carbonyl (C=O) groups is 1. The Morgan fingerprint density at radius 2 is 2.00 bits per heavy atom. The average Bonchev–Trinajstić information content (AvgIpc) is 2.36. The van der Waals surface area contributed by atoms with Gasteiger partial charge in [0.25, 0.3) is 0 Å². The first kappa shape index (κ1) is 16.8. The van der Waals surface area contributed by atoms with Crippen LogP contribution in [0, 0.1) is 12.8 Å². The number of thioether (sulfide) groups is 1. The van der Waals surface area contributed by atoms with Gasteiger partial charge in [-0.2, -0.15) is 11.8 Å². The van der Waals surface area contributed by atoms with E-state index in [9.17, 15) is 4.79 Å². The smallest absolute Gasteiger partial charge is 0.311 e. The van der Waals surface area contributed by atoms with Gasteiger partial charge in [0.05, 0.1) is 5.92 Å². The molecule has 0 aromatic carbocycles. The summed E-state index contributed by atoms with van der Waals surface area (Å²) >= 11 is 1.73. The molecule has 1 unspecified atom stereocenters. The van der Waals surface area contributed by atoms with E-state index in [0.717, 1.165) is 17.9 Å². The van der Waals surface area contributed by atoms with Gasteiger partial charge in [0.2, 0.25) is 5.79 Å². The maximum absolute atomic E-state index is 11.9. The first-order valence-corrected chi connectivity index (χ1v) is 7.35. The van der Waals surface area contributed by atoms with Gasteiger partial charge < -0.3 is 9.47 Å². The topological polar surface area (TPSA) is 35.5 Å². The predicted molar refractivity (Wildman–Crippen MR) is 72.9 cm³/mol. The van der Waals surface area contributed by atoms with Gasteiger partial charge in [0.15, 0.2) is 0 Å². The van der Waals surface area contributed by atoms with E-state index in [1.54, 1.807) is 18.9 Å². The number of hydrogen-bond donors (Lipinski definition) is 0. The van der Waals surface area contributed by atoms with Gasteiger partial charge in [-0.1, -0.05) is 27.7 Å². The second-order valence-corrected chi connectivity index (χ2v) is 5.22. The molecule has 1 radical (unpaired) electrons. The number of methoxy groups -OCH3 is 1. The van der Waals surface area contributed by atoms with Gasteiger partial charge in [-0.15, -0.1) is 0 Å². The second-order valence-electron chi connectivity index (χ2n) is 4.07. The van der Waals surface area contributed by atoms with Crippen LogP contribution in [0.25, 0.3) is 0 Å². The lowest BCUT2D eigenvalue weighted by atomic mass is 10.1. The largest absolute Gasteiger partial charge is 0.433 e. The Bertz CT molecular complexity index is 206. The van der Waals surface area contributed by atoms with Gasteiger partial charge in [-0.25, -0.2) is 0 Å². The first-order valence-electron chi connectivity index (χ1n) is 6.20. The van der Waals surface area contributed by atoms with Crippen molar-refractivity contribution in [1.82, 2.24) is 0 Å². The van der Waals surface area contributed by atoms with E-state index in [-0.39, 0.29) is 11.9 Å². The van der Waals surface area contributed by atoms with Crippen LogP contribution in [-0.2, 0) is 14.3 Å². The van der Waals surface area contributed by atoms with Crippen molar-refractivity contribution in [3.8, 4) is 0 Å². The molecule has 0 aliphatic rings. The van der Waals surface area contributed by atoms with Crippen molar-refractivity contribution in [1.29, 1.82) is 0 Å². The van der Waals surface area contributed by atoms with E-state index in [0.29, 0.717) is 12.8 Å². The Kier molecular flexibility index (Phi) is 8.70. The van der Waals surface area contributed by atoms with Crippen molar-refractivity contribution in [3.63, 3.8) is 0 Å². The molecule has 0 aromatic heterocycles. The van der Waals surface area contributed by atoms with Crippen LogP contribution < -0.4 is 0 Å². The summed E-state index contributed by atoms with van der Waals surface area (Å²) in [5.74, 6) is 0.740. The van der Waals surface area contributed by atoms with Crippen LogP contribution >= 0.6 is 11.8 Å². The molecule has 0 aromatic rings. The molecular formula is C13H25O3S. The highest BCUT2D eigenvalue weighted by Crippen LogP contribution is 2.23. The van der Waals surface area contributed by atoms with Gasteiger partial charge in [-0.3, -0.25) is 4.79 Å². The van der Waals surface area contributed by atoms with Crippen molar-refractivity contribution in [3.05, 3.63) is 6.92 Å². The van der Waals surface area contributed by atoms with Crippen LogP contribution in [0.5, 0.6) is 0 Å². The van der Waals surface area contributed by atoms with Crippen molar-refractivity contribution in [2.75, 3.05) is 18.6 Å².